The molecule has 20 heavy (non-hydrogen) atoms. The summed E-state index contributed by atoms with van der Waals surface area (Å²) in [5, 5.41) is 13.1. The van der Waals surface area contributed by atoms with Crippen molar-refractivity contribution in [1.82, 2.24) is 19.4 Å². The molecule has 2 rings (SSSR count). The molecule has 2 heterocycles. The lowest BCUT2D eigenvalue weighted by molar-refractivity contribution is 0.0608. The van der Waals surface area contributed by atoms with Crippen molar-refractivity contribution in [2.45, 2.75) is 32.7 Å². The Morgan fingerprint density at radius 3 is 2.65 bits per heavy atom. The molecule has 1 aliphatic heterocycles. The lowest BCUT2D eigenvalue weighted by atomic mass is 10.1. The van der Waals surface area contributed by atoms with Gasteiger partial charge in [-0.15, -0.1) is 5.10 Å². The van der Waals surface area contributed by atoms with Gasteiger partial charge in [-0.1, -0.05) is 18.3 Å². The van der Waals surface area contributed by atoms with Crippen molar-refractivity contribution in [3.05, 3.63) is 10.6 Å². The van der Waals surface area contributed by atoms with Gasteiger partial charge in [-0.2, -0.15) is 5.26 Å². The normalized spacial score (nSPS) is 17.8. The van der Waals surface area contributed by atoms with E-state index in [-0.39, 0.29) is 11.9 Å². The number of nitrogens with zero attached hydrogens (tertiary/aromatic N) is 5. The van der Waals surface area contributed by atoms with Gasteiger partial charge in [0.2, 0.25) is 0 Å². The Morgan fingerprint density at radius 2 is 2.10 bits per heavy atom. The number of amides is 1. The summed E-state index contributed by atoms with van der Waals surface area (Å²) in [4.78, 5) is 17.1. The minimum atomic E-state index is -0.0384. The van der Waals surface area contributed by atoms with Crippen molar-refractivity contribution in [2.75, 3.05) is 26.2 Å². The maximum atomic E-state index is 12.4. The first-order valence-electron chi connectivity index (χ1n) is 6.95. The summed E-state index contributed by atoms with van der Waals surface area (Å²) < 4.78 is 3.87. The fraction of sp³-hybridized carbons (Fsp3) is 0.692. The first-order chi connectivity index (χ1) is 9.71. The molecule has 1 aromatic rings. The molecule has 6 nitrogen and oxygen atoms in total. The lowest BCUT2D eigenvalue weighted by Crippen LogP contribution is -2.51. The summed E-state index contributed by atoms with van der Waals surface area (Å²) in [6, 6.07) is 2.28. The van der Waals surface area contributed by atoms with Crippen molar-refractivity contribution >= 4 is 17.4 Å². The first-order valence-corrected chi connectivity index (χ1v) is 7.72. The lowest BCUT2D eigenvalue weighted by Gasteiger charge is -2.36. The van der Waals surface area contributed by atoms with Crippen LogP contribution in [0.25, 0.3) is 0 Å². The van der Waals surface area contributed by atoms with Gasteiger partial charge in [0.15, 0.2) is 0 Å². The van der Waals surface area contributed by atoms with E-state index in [1.807, 2.05) is 18.7 Å². The van der Waals surface area contributed by atoms with E-state index in [1.165, 1.54) is 11.5 Å². The number of hydrogen-bond acceptors (Lipinski definition) is 6. The molecule has 0 spiro atoms. The summed E-state index contributed by atoms with van der Waals surface area (Å²) in [6.45, 7) is 6.83. The Labute approximate surface area is 123 Å². The Balaban J connectivity index is 1.97. The minimum Gasteiger partial charge on any atom is -0.335 e. The number of rotatable bonds is 4. The molecule has 0 saturated carbocycles. The van der Waals surface area contributed by atoms with Gasteiger partial charge >= 0.3 is 0 Å². The molecule has 1 amide bonds. The summed E-state index contributed by atoms with van der Waals surface area (Å²) in [7, 11) is 0. The molecule has 1 unspecified atom stereocenters. The second kappa shape index (κ2) is 6.77. The smallest absolute Gasteiger partial charge is 0.267 e. The van der Waals surface area contributed by atoms with E-state index in [0.717, 1.165) is 31.6 Å². The SMILES string of the molecule is CCc1nnsc1C(=O)N1CCN(C(C#N)CC)CC1. The topological polar surface area (TPSA) is 73.1 Å². The predicted octanol–water partition coefficient (Wildman–Crippen LogP) is 1.16. The van der Waals surface area contributed by atoms with E-state index < -0.39 is 0 Å². The molecular formula is C13H19N5OS. The average Bonchev–Trinajstić information content (AvgIpc) is 2.97. The maximum absolute atomic E-state index is 12.4. The Bertz CT molecular complexity index is 501. The van der Waals surface area contributed by atoms with Crippen LogP contribution in [-0.4, -0.2) is 57.5 Å². The third kappa shape index (κ3) is 2.97. The number of carbonyl (C=O) groups excluding carboxylic acids is 1. The number of aromatic nitrogens is 2. The summed E-state index contributed by atoms with van der Waals surface area (Å²) in [6.07, 6.45) is 1.55. The molecule has 0 aliphatic carbocycles. The number of aryl methyl sites for hydroxylation is 1. The molecular weight excluding hydrogens is 274 g/mol. The van der Waals surface area contributed by atoms with E-state index >= 15 is 0 Å². The highest BCUT2D eigenvalue weighted by Crippen LogP contribution is 2.17. The zero-order valence-corrected chi connectivity index (χ0v) is 12.7. The van der Waals surface area contributed by atoms with Gasteiger partial charge in [0.25, 0.3) is 5.91 Å². The van der Waals surface area contributed by atoms with Gasteiger partial charge in [-0.05, 0) is 24.4 Å². The van der Waals surface area contributed by atoms with Crippen LogP contribution in [0.1, 0.15) is 35.6 Å². The second-order valence-electron chi connectivity index (χ2n) is 4.78. The fourth-order valence-electron chi connectivity index (χ4n) is 2.41. The number of piperazine rings is 1. The van der Waals surface area contributed by atoms with Crippen LogP contribution in [0.3, 0.4) is 0 Å². The highest BCUT2D eigenvalue weighted by Gasteiger charge is 2.27. The monoisotopic (exact) mass is 293 g/mol. The Morgan fingerprint density at radius 1 is 1.40 bits per heavy atom. The largest absolute Gasteiger partial charge is 0.335 e. The van der Waals surface area contributed by atoms with Crippen LogP contribution in [0.4, 0.5) is 0 Å². The van der Waals surface area contributed by atoms with Gasteiger partial charge in [0.1, 0.15) is 4.88 Å². The molecule has 0 aromatic carbocycles. The van der Waals surface area contributed by atoms with E-state index in [4.69, 9.17) is 5.26 Å². The molecule has 1 aromatic heterocycles. The van der Waals surface area contributed by atoms with Gasteiger partial charge in [0.05, 0.1) is 17.8 Å². The zero-order valence-electron chi connectivity index (χ0n) is 11.9. The van der Waals surface area contributed by atoms with E-state index in [2.05, 4.69) is 20.6 Å². The van der Waals surface area contributed by atoms with Crippen LogP contribution < -0.4 is 0 Å². The van der Waals surface area contributed by atoms with Crippen molar-refractivity contribution in [1.29, 1.82) is 5.26 Å². The van der Waals surface area contributed by atoms with Gasteiger partial charge in [-0.25, -0.2) is 0 Å². The highest BCUT2D eigenvalue weighted by atomic mass is 32.1. The molecule has 1 aliphatic rings. The second-order valence-corrected chi connectivity index (χ2v) is 5.54. The van der Waals surface area contributed by atoms with Crippen molar-refractivity contribution in [3.8, 4) is 6.07 Å². The third-order valence-electron chi connectivity index (χ3n) is 3.66. The molecule has 1 saturated heterocycles. The summed E-state index contributed by atoms with van der Waals surface area (Å²) in [5.41, 5.74) is 0.783. The van der Waals surface area contributed by atoms with E-state index in [1.54, 1.807) is 0 Å². The Hall–Kier alpha value is -1.52. The summed E-state index contributed by atoms with van der Waals surface area (Å²) >= 11 is 1.17. The molecule has 1 atom stereocenters. The highest BCUT2D eigenvalue weighted by molar-refractivity contribution is 7.08. The van der Waals surface area contributed by atoms with Gasteiger partial charge < -0.3 is 4.90 Å². The van der Waals surface area contributed by atoms with Crippen molar-refractivity contribution < 1.29 is 4.79 Å². The van der Waals surface area contributed by atoms with Gasteiger partial charge in [0, 0.05) is 26.2 Å². The number of hydrogen-bond donors (Lipinski definition) is 0. The molecule has 7 heteroatoms. The minimum absolute atomic E-state index is 0.0292. The quantitative estimate of drug-likeness (QED) is 0.833. The number of nitriles is 1. The standard InChI is InChI=1S/C13H19N5OS/c1-3-10(9-14)17-5-7-18(8-6-17)13(19)12-11(4-2)15-16-20-12/h10H,3-8H2,1-2H3. The summed E-state index contributed by atoms with van der Waals surface area (Å²) in [5.74, 6) is 0.0292. The van der Waals surface area contributed by atoms with Gasteiger partial charge in [-0.3, -0.25) is 9.69 Å². The van der Waals surface area contributed by atoms with Crippen LogP contribution in [0, 0.1) is 11.3 Å². The van der Waals surface area contributed by atoms with Crippen molar-refractivity contribution in [3.63, 3.8) is 0 Å². The van der Waals surface area contributed by atoms with E-state index in [0.29, 0.717) is 18.0 Å². The molecule has 0 bridgehead atoms. The number of carbonyl (C=O) groups is 1. The van der Waals surface area contributed by atoms with Crippen LogP contribution in [0.15, 0.2) is 0 Å². The zero-order chi connectivity index (χ0) is 14.5. The van der Waals surface area contributed by atoms with Crippen LogP contribution in [-0.2, 0) is 6.42 Å². The molecule has 1 fully saturated rings. The third-order valence-corrected chi connectivity index (χ3v) is 4.42. The molecule has 108 valence electrons. The molecule has 0 radical (unpaired) electrons. The van der Waals surface area contributed by atoms with Crippen LogP contribution >= 0.6 is 11.5 Å². The van der Waals surface area contributed by atoms with E-state index in [9.17, 15) is 4.79 Å². The fourth-order valence-corrected chi connectivity index (χ4v) is 3.13. The van der Waals surface area contributed by atoms with Crippen LogP contribution in [0.2, 0.25) is 0 Å². The Kier molecular flexibility index (Phi) is 5.04. The first kappa shape index (κ1) is 14.9. The average molecular weight is 293 g/mol. The van der Waals surface area contributed by atoms with Crippen LogP contribution in [0.5, 0.6) is 0 Å². The maximum Gasteiger partial charge on any atom is 0.267 e. The predicted molar refractivity (Wildman–Crippen MR) is 76.5 cm³/mol. The molecule has 0 N–H and O–H groups in total. The van der Waals surface area contributed by atoms with Crippen molar-refractivity contribution in [2.24, 2.45) is 0 Å².